The van der Waals surface area contributed by atoms with Crippen LogP contribution in [0.25, 0.3) is 0 Å². The minimum Gasteiger partial charge on any atom is -0.368 e. The topological polar surface area (TPSA) is 52.6 Å². The number of nitrogens with one attached hydrogen (secondary N) is 2. The Morgan fingerprint density at radius 3 is 2.92 bits per heavy atom. The largest absolute Gasteiger partial charge is 0.368 e. The molecule has 1 aliphatic rings. The third kappa shape index (κ3) is 5.56. The van der Waals surface area contributed by atoms with Gasteiger partial charge in [0.2, 0.25) is 0 Å². The Morgan fingerprint density at radius 2 is 2.23 bits per heavy atom. The number of halogens is 2. The second-order valence-electron chi connectivity index (χ2n) is 6.03. The molecule has 1 aromatic carbocycles. The van der Waals surface area contributed by atoms with E-state index in [0.717, 1.165) is 41.4 Å². The Kier molecular flexibility index (Phi) is 8.62. The average molecular weight is 550 g/mol. The fourth-order valence-corrected chi connectivity index (χ4v) is 4.28. The number of aryl methyl sites for hydroxylation is 1. The van der Waals surface area contributed by atoms with E-state index in [1.165, 1.54) is 10.6 Å². The molecule has 5 nitrogen and oxygen atoms in total. The first-order chi connectivity index (χ1) is 12.2. The van der Waals surface area contributed by atoms with Gasteiger partial charge in [-0.05, 0) is 40.9 Å². The molecule has 142 valence electrons. The van der Waals surface area contributed by atoms with Crippen molar-refractivity contribution in [1.82, 2.24) is 15.6 Å². The van der Waals surface area contributed by atoms with E-state index in [0.29, 0.717) is 12.6 Å². The highest BCUT2D eigenvalue weighted by Crippen LogP contribution is 2.28. The second kappa shape index (κ2) is 10.5. The SMILES string of the molecule is CCc1cnc(CNC(=NC)NC2CCN(c3ccccc3Br)C2)s1.I. The van der Waals surface area contributed by atoms with Gasteiger partial charge < -0.3 is 15.5 Å². The third-order valence-electron chi connectivity index (χ3n) is 4.30. The molecule has 0 aliphatic carbocycles. The summed E-state index contributed by atoms with van der Waals surface area (Å²) in [6, 6.07) is 8.77. The van der Waals surface area contributed by atoms with Crippen molar-refractivity contribution in [1.29, 1.82) is 0 Å². The number of aliphatic imine (C=N–C) groups is 1. The fraction of sp³-hybridized carbons (Fsp3) is 0.444. The van der Waals surface area contributed by atoms with Gasteiger partial charge in [0.15, 0.2) is 5.96 Å². The van der Waals surface area contributed by atoms with Gasteiger partial charge in [-0.15, -0.1) is 35.3 Å². The lowest BCUT2D eigenvalue weighted by molar-refractivity contribution is 0.648. The predicted octanol–water partition coefficient (Wildman–Crippen LogP) is 4.03. The number of para-hydroxylation sites is 1. The number of thiazole rings is 1. The van der Waals surface area contributed by atoms with Crippen LogP contribution in [0.2, 0.25) is 0 Å². The zero-order valence-corrected chi connectivity index (χ0v) is 19.8. The second-order valence-corrected chi connectivity index (χ2v) is 8.08. The van der Waals surface area contributed by atoms with Gasteiger partial charge in [0.25, 0.3) is 0 Å². The molecule has 1 aliphatic heterocycles. The number of hydrogen-bond donors (Lipinski definition) is 2. The van der Waals surface area contributed by atoms with Crippen LogP contribution in [0, 0.1) is 0 Å². The first-order valence-corrected chi connectivity index (χ1v) is 10.2. The summed E-state index contributed by atoms with van der Waals surface area (Å²) in [5, 5.41) is 8.01. The highest BCUT2D eigenvalue weighted by atomic mass is 127. The molecule has 0 radical (unpaired) electrons. The summed E-state index contributed by atoms with van der Waals surface area (Å²) in [6.07, 6.45) is 4.10. The molecule has 1 saturated heterocycles. The maximum atomic E-state index is 4.45. The first-order valence-electron chi connectivity index (χ1n) is 8.59. The van der Waals surface area contributed by atoms with Crippen molar-refractivity contribution in [3.63, 3.8) is 0 Å². The highest BCUT2D eigenvalue weighted by molar-refractivity contribution is 14.0. The van der Waals surface area contributed by atoms with Crippen LogP contribution in [0.3, 0.4) is 0 Å². The lowest BCUT2D eigenvalue weighted by Crippen LogP contribution is -2.44. The third-order valence-corrected chi connectivity index (χ3v) is 6.12. The molecule has 1 aromatic heterocycles. The summed E-state index contributed by atoms with van der Waals surface area (Å²) < 4.78 is 1.15. The summed E-state index contributed by atoms with van der Waals surface area (Å²) >= 11 is 5.40. The summed E-state index contributed by atoms with van der Waals surface area (Å²) in [4.78, 5) is 12.5. The molecule has 2 N–H and O–H groups in total. The quantitative estimate of drug-likeness (QED) is 0.336. The van der Waals surface area contributed by atoms with Crippen LogP contribution in [0.5, 0.6) is 0 Å². The van der Waals surface area contributed by atoms with Crippen molar-refractivity contribution < 1.29 is 0 Å². The molecule has 26 heavy (non-hydrogen) atoms. The van der Waals surface area contributed by atoms with E-state index in [1.807, 2.05) is 19.3 Å². The van der Waals surface area contributed by atoms with Gasteiger partial charge in [-0.3, -0.25) is 4.99 Å². The molecular weight excluding hydrogens is 525 g/mol. The van der Waals surface area contributed by atoms with Gasteiger partial charge >= 0.3 is 0 Å². The van der Waals surface area contributed by atoms with Gasteiger partial charge in [0.05, 0.1) is 12.2 Å². The predicted molar refractivity (Wildman–Crippen MR) is 125 cm³/mol. The number of nitrogens with zero attached hydrogens (tertiary/aromatic N) is 3. The van der Waals surface area contributed by atoms with Crippen molar-refractivity contribution in [2.75, 3.05) is 25.0 Å². The van der Waals surface area contributed by atoms with Crippen LogP contribution in [-0.4, -0.2) is 37.1 Å². The van der Waals surface area contributed by atoms with Crippen LogP contribution in [-0.2, 0) is 13.0 Å². The van der Waals surface area contributed by atoms with Crippen molar-refractivity contribution in [3.05, 3.63) is 44.8 Å². The van der Waals surface area contributed by atoms with E-state index in [4.69, 9.17) is 0 Å². The number of anilines is 1. The zero-order valence-electron chi connectivity index (χ0n) is 15.0. The smallest absolute Gasteiger partial charge is 0.191 e. The summed E-state index contributed by atoms with van der Waals surface area (Å²) in [6.45, 7) is 4.89. The molecule has 3 rings (SSSR count). The van der Waals surface area contributed by atoms with Crippen LogP contribution >= 0.6 is 51.2 Å². The van der Waals surface area contributed by atoms with Crippen molar-refractivity contribution in [3.8, 4) is 0 Å². The molecule has 2 heterocycles. The lowest BCUT2D eigenvalue weighted by Gasteiger charge is -2.21. The van der Waals surface area contributed by atoms with E-state index in [2.05, 4.69) is 66.6 Å². The Bertz CT molecular complexity index is 736. The summed E-state index contributed by atoms with van der Waals surface area (Å²) in [7, 11) is 1.81. The monoisotopic (exact) mass is 549 g/mol. The Labute approximate surface area is 184 Å². The Morgan fingerprint density at radius 1 is 1.42 bits per heavy atom. The molecule has 2 aromatic rings. The summed E-state index contributed by atoms with van der Waals surface area (Å²) in [5.74, 6) is 0.840. The molecule has 1 atom stereocenters. The molecule has 0 saturated carbocycles. The average Bonchev–Trinajstić information content (AvgIpc) is 3.28. The zero-order chi connectivity index (χ0) is 17.6. The maximum absolute atomic E-state index is 4.45. The first kappa shape index (κ1) is 21.4. The van der Waals surface area contributed by atoms with Crippen molar-refractivity contribution in [2.45, 2.75) is 32.4 Å². The number of guanidine groups is 1. The van der Waals surface area contributed by atoms with Gasteiger partial charge in [-0.2, -0.15) is 0 Å². The standard InChI is InChI=1S/C18H24BrN5S.HI/c1-3-14-10-21-17(25-14)11-22-18(20-2)23-13-8-9-24(12-13)16-7-5-4-6-15(16)19;/h4-7,10,13H,3,8-9,11-12H2,1-2H3,(H2,20,22,23);1H. The fourth-order valence-electron chi connectivity index (χ4n) is 2.95. The number of aromatic nitrogens is 1. The molecule has 1 fully saturated rings. The van der Waals surface area contributed by atoms with E-state index in [-0.39, 0.29) is 24.0 Å². The lowest BCUT2D eigenvalue weighted by atomic mass is 10.3. The van der Waals surface area contributed by atoms with Crippen molar-refractivity contribution >= 4 is 62.9 Å². The highest BCUT2D eigenvalue weighted by Gasteiger charge is 2.24. The minimum absolute atomic E-state index is 0. The van der Waals surface area contributed by atoms with Crippen LogP contribution in [0.15, 0.2) is 39.9 Å². The van der Waals surface area contributed by atoms with Crippen LogP contribution < -0.4 is 15.5 Å². The maximum Gasteiger partial charge on any atom is 0.191 e. The Hall–Kier alpha value is -0.870. The van der Waals surface area contributed by atoms with Gasteiger partial charge in [-0.1, -0.05) is 19.1 Å². The van der Waals surface area contributed by atoms with E-state index in [1.54, 1.807) is 11.3 Å². The van der Waals surface area contributed by atoms with Crippen LogP contribution in [0.4, 0.5) is 5.69 Å². The van der Waals surface area contributed by atoms with E-state index >= 15 is 0 Å². The summed E-state index contributed by atoms with van der Waals surface area (Å²) in [5.41, 5.74) is 1.25. The van der Waals surface area contributed by atoms with Gasteiger partial charge in [0, 0.05) is 41.7 Å². The number of benzene rings is 1. The normalized spacial score (nSPS) is 17.1. The molecule has 8 heteroatoms. The molecule has 0 bridgehead atoms. The molecule has 0 amide bonds. The van der Waals surface area contributed by atoms with Gasteiger partial charge in [0.1, 0.15) is 5.01 Å². The van der Waals surface area contributed by atoms with E-state index in [9.17, 15) is 0 Å². The number of hydrogen-bond acceptors (Lipinski definition) is 4. The van der Waals surface area contributed by atoms with Gasteiger partial charge in [-0.25, -0.2) is 4.98 Å². The number of rotatable bonds is 5. The molecule has 0 spiro atoms. The van der Waals surface area contributed by atoms with E-state index < -0.39 is 0 Å². The van der Waals surface area contributed by atoms with Crippen molar-refractivity contribution in [2.24, 2.45) is 4.99 Å². The van der Waals surface area contributed by atoms with Crippen LogP contribution in [0.1, 0.15) is 23.2 Å². The molecule has 1 unspecified atom stereocenters. The Balaban J connectivity index is 0.00000243. The molecular formula is C18H25BrIN5S. The minimum atomic E-state index is 0.